The van der Waals surface area contributed by atoms with E-state index in [1.807, 2.05) is 12.1 Å². The van der Waals surface area contributed by atoms with Gasteiger partial charge in [0.2, 0.25) is 0 Å². The summed E-state index contributed by atoms with van der Waals surface area (Å²) >= 11 is 0. The maximum atomic E-state index is 3.58. The molecule has 1 aromatic rings. The molecule has 3 heteroatoms. The van der Waals surface area contributed by atoms with Gasteiger partial charge in [0.25, 0.3) is 0 Å². The van der Waals surface area contributed by atoms with Crippen LogP contribution in [0.2, 0.25) is 0 Å². The molecular formula is C18H32N3. The summed E-state index contributed by atoms with van der Waals surface area (Å²) in [6, 6.07) is 7.31. The van der Waals surface area contributed by atoms with Crippen LogP contribution in [0, 0.1) is 23.8 Å². The van der Waals surface area contributed by atoms with E-state index in [0.29, 0.717) is 17.8 Å². The van der Waals surface area contributed by atoms with E-state index in [-0.39, 0.29) is 0 Å². The van der Waals surface area contributed by atoms with Gasteiger partial charge in [-0.3, -0.25) is 0 Å². The van der Waals surface area contributed by atoms with Crippen molar-refractivity contribution >= 4 is 17.1 Å². The van der Waals surface area contributed by atoms with Gasteiger partial charge in [0.05, 0.1) is 17.1 Å². The van der Waals surface area contributed by atoms with Gasteiger partial charge in [0, 0.05) is 19.6 Å². The van der Waals surface area contributed by atoms with Gasteiger partial charge in [-0.1, -0.05) is 41.5 Å². The van der Waals surface area contributed by atoms with Gasteiger partial charge in [0.15, 0.2) is 0 Å². The van der Waals surface area contributed by atoms with Gasteiger partial charge in [-0.15, -0.1) is 0 Å². The Balaban J connectivity index is 2.90. The summed E-state index contributed by atoms with van der Waals surface area (Å²) in [5.74, 6) is 1.86. The maximum Gasteiger partial charge on any atom is 0.0812 e. The molecule has 3 N–H and O–H groups in total. The fourth-order valence-electron chi connectivity index (χ4n) is 1.90. The minimum absolute atomic E-state index is 0.616. The number of hydrogen-bond acceptors (Lipinski definition) is 3. The molecule has 0 saturated carbocycles. The Morgan fingerprint density at radius 3 is 1.48 bits per heavy atom. The molecular weight excluding hydrogens is 258 g/mol. The van der Waals surface area contributed by atoms with Crippen LogP contribution in [-0.4, -0.2) is 19.6 Å². The molecule has 0 bridgehead atoms. The van der Waals surface area contributed by atoms with Crippen molar-refractivity contribution in [1.29, 1.82) is 0 Å². The Labute approximate surface area is 130 Å². The molecule has 0 amide bonds. The Kier molecular flexibility index (Phi) is 7.41. The summed E-state index contributed by atoms with van der Waals surface area (Å²) in [4.78, 5) is 0. The van der Waals surface area contributed by atoms with Crippen molar-refractivity contribution in [1.82, 2.24) is 0 Å². The van der Waals surface area contributed by atoms with Crippen LogP contribution in [-0.2, 0) is 0 Å². The quantitative estimate of drug-likeness (QED) is 0.617. The second-order valence-electron chi connectivity index (χ2n) is 6.98. The van der Waals surface area contributed by atoms with E-state index in [2.05, 4.69) is 63.6 Å². The Morgan fingerprint density at radius 1 is 0.714 bits per heavy atom. The van der Waals surface area contributed by atoms with Gasteiger partial charge >= 0.3 is 0 Å². The Hall–Kier alpha value is -1.38. The average Bonchev–Trinajstić information content (AvgIpc) is 2.40. The fourth-order valence-corrected chi connectivity index (χ4v) is 1.90. The number of benzene rings is 1. The van der Waals surface area contributed by atoms with Crippen LogP contribution in [0.1, 0.15) is 41.5 Å². The van der Waals surface area contributed by atoms with Crippen LogP contribution in [0.5, 0.6) is 0 Å². The van der Waals surface area contributed by atoms with E-state index in [0.717, 1.165) is 31.0 Å². The summed E-state index contributed by atoms with van der Waals surface area (Å²) in [6.45, 7) is 16.2. The van der Waals surface area contributed by atoms with Crippen LogP contribution in [0.3, 0.4) is 0 Å². The molecule has 21 heavy (non-hydrogen) atoms. The van der Waals surface area contributed by atoms with E-state index in [4.69, 9.17) is 0 Å². The fraction of sp³-hybridized carbons (Fsp3) is 0.667. The van der Waals surface area contributed by atoms with E-state index >= 15 is 0 Å². The molecule has 0 atom stereocenters. The molecule has 0 aromatic heterocycles. The van der Waals surface area contributed by atoms with Gasteiger partial charge in [0.1, 0.15) is 0 Å². The van der Waals surface area contributed by atoms with Crippen LogP contribution >= 0.6 is 0 Å². The van der Waals surface area contributed by atoms with E-state index in [1.165, 1.54) is 5.69 Å². The standard InChI is InChI=1S/C18H32N3/c1-13(2)10-19-16-8-7-9-17(20-11-14(3)4)18(16)21-12-15(5)6/h8-9,13-15,19-21H,10-12H2,1-6H3. The Morgan fingerprint density at radius 2 is 1.10 bits per heavy atom. The highest BCUT2D eigenvalue weighted by molar-refractivity contribution is 5.82. The summed E-state index contributed by atoms with van der Waals surface area (Å²) < 4.78 is 0. The third kappa shape index (κ3) is 6.74. The average molecular weight is 290 g/mol. The van der Waals surface area contributed by atoms with Crippen molar-refractivity contribution in [3.05, 3.63) is 18.2 Å². The number of hydrogen-bond donors (Lipinski definition) is 3. The van der Waals surface area contributed by atoms with Crippen molar-refractivity contribution in [2.24, 2.45) is 17.8 Å². The molecule has 3 nitrogen and oxygen atoms in total. The van der Waals surface area contributed by atoms with Crippen molar-refractivity contribution in [2.75, 3.05) is 35.6 Å². The molecule has 0 aliphatic rings. The minimum Gasteiger partial charge on any atom is -0.383 e. The summed E-state index contributed by atoms with van der Waals surface area (Å²) in [5.41, 5.74) is 3.44. The third-order valence-electron chi connectivity index (χ3n) is 3.08. The van der Waals surface area contributed by atoms with Gasteiger partial charge in [-0.2, -0.15) is 0 Å². The highest BCUT2D eigenvalue weighted by Gasteiger charge is 2.09. The summed E-state index contributed by atoms with van der Waals surface area (Å²) in [7, 11) is 0. The molecule has 0 aliphatic carbocycles. The predicted octanol–water partition coefficient (Wildman–Crippen LogP) is 4.69. The van der Waals surface area contributed by atoms with E-state index in [1.54, 1.807) is 0 Å². The molecule has 0 fully saturated rings. The SMILES string of the molecule is CC(C)CNc1c[c]cc(NCC(C)C)c1NCC(C)C. The lowest BCUT2D eigenvalue weighted by atomic mass is 10.1. The van der Waals surface area contributed by atoms with E-state index in [9.17, 15) is 0 Å². The van der Waals surface area contributed by atoms with Gasteiger partial charge in [-0.05, 0) is 36.0 Å². The summed E-state index contributed by atoms with van der Waals surface area (Å²) in [6.07, 6.45) is 0. The first-order chi connectivity index (χ1) is 9.90. The van der Waals surface area contributed by atoms with Crippen molar-refractivity contribution in [3.8, 4) is 0 Å². The lowest BCUT2D eigenvalue weighted by Crippen LogP contribution is -2.16. The smallest absolute Gasteiger partial charge is 0.0812 e. The number of rotatable bonds is 9. The molecule has 0 heterocycles. The molecule has 0 unspecified atom stereocenters. The summed E-state index contributed by atoms with van der Waals surface area (Å²) in [5, 5.41) is 10.6. The van der Waals surface area contributed by atoms with Crippen LogP contribution in [0.15, 0.2) is 12.1 Å². The first-order valence-electron chi connectivity index (χ1n) is 8.15. The lowest BCUT2D eigenvalue weighted by Gasteiger charge is -2.21. The molecule has 0 aliphatic heterocycles. The molecule has 1 aromatic carbocycles. The first kappa shape index (κ1) is 17.7. The van der Waals surface area contributed by atoms with Crippen LogP contribution < -0.4 is 16.0 Å². The van der Waals surface area contributed by atoms with Crippen molar-refractivity contribution in [2.45, 2.75) is 41.5 Å². The zero-order valence-electron chi connectivity index (χ0n) is 14.5. The minimum atomic E-state index is 0.616. The zero-order valence-corrected chi connectivity index (χ0v) is 14.5. The first-order valence-corrected chi connectivity index (χ1v) is 8.15. The van der Waals surface area contributed by atoms with Gasteiger partial charge in [-0.25, -0.2) is 0 Å². The second-order valence-corrected chi connectivity index (χ2v) is 6.98. The topological polar surface area (TPSA) is 36.1 Å². The van der Waals surface area contributed by atoms with Crippen molar-refractivity contribution in [3.63, 3.8) is 0 Å². The molecule has 1 radical (unpaired) electrons. The Bertz CT molecular complexity index is 381. The third-order valence-corrected chi connectivity index (χ3v) is 3.08. The zero-order chi connectivity index (χ0) is 15.8. The predicted molar refractivity (Wildman–Crippen MR) is 95.3 cm³/mol. The van der Waals surface area contributed by atoms with Crippen LogP contribution in [0.25, 0.3) is 0 Å². The molecule has 0 spiro atoms. The van der Waals surface area contributed by atoms with Crippen LogP contribution in [0.4, 0.5) is 17.1 Å². The highest BCUT2D eigenvalue weighted by Crippen LogP contribution is 2.31. The monoisotopic (exact) mass is 290 g/mol. The number of anilines is 3. The van der Waals surface area contributed by atoms with E-state index < -0.39 is 0 Å². The largest absolute Gasteiger partial charge is 0.383 e. The maximum absolute atomic E-state index is 3.58. The second kappa shape index (κ2) is 8.81. The number of nitrogens with one attached hydrogen (secondary N) is 3. The van der Waals surface area contributed by atoms with Gasteiger partial charge < -0.3 is 16.0 Å². The highest BCUT2D eigenvalue weighted by atomic mass is 15.0. The lowest BCUT2D eigenvalue weighted by molar-refractivity contribution is 0.682. The molecule has 0 saturated heterocycles. The normalized spacial score (nSPS) is 11.3. The molecule has 119 valence electrons. The molecule has 1 rings (SSSR count). The van der Waals surface area contributed by atoms with Crippen molar-refractivity contribution < 1.29 is 0 Å².